The quantitative estimate of drug-likeness (QED) is 0.584. The van der Waals surface area contributed by atoms with Crippen LogP contribution in [-0.2, 0) is 4.79 Å². The van der Waals surface area contributed by atoms with E-state index in [1.165, 1.54) is 24.5 Å². The minimum absolute atomic E-state index is 0.0696. The predicted octanol–water partition coefficient (Wildman–Crippen LogP) is 2.78. The summed E-state index contributed by atoms with van der Waals surface area (Å²) in [5, 5.41) is 3.35. The van der Waals surface area contributed by atoms with Crippen LogP contribution in [0.5, 0.6) is 5.75 Å². The lowest BCUT2D eigenvalue weighted by atomic mass is 10.2. The van der Waals surface area contributed by atoms with Crippen molar-refractivity contribution in [3.8, 4) is 5.75 Å². The SMILES string of the molecule is C=CC(=O)N1CCC(Nc2ncnc3[nH]c(/C=C/COc4cccc(F)c4)nc23)C1. The highest BCUT2D eigenvalue weighted by molar-refractivity contribution is 5.87. The van der Waals surface area contributed by atoms with Crippen LogP contribution in [0.1, 0.15) is 12.2 Å². The van der Waals surface area contributed by atoms with Crippen molar-refractivity contribution in [2.24, 2.45) is 0 Å². The number of aromatic nitrogens is 4. The topological polar surface area (TPSA) is 96.0 Å². The minimum atomic E-state index is -0.341. The average molecular weight is 408 g/mol. The maximum Gasteiger partial charge on any atom is 0.246 e. The summed E-state index contributed by atoms with van der Waals surface area (Å²) in [6, 6.07) is 6.07. The number of nitrogens with zero attached hydrogens (tertiary/aromatic N) is 4. The maximum absolute atomic E-state index is 13.2. The van der Waals surface area contributed by atoms with E-state index in [0.29, 0.717) is 41.6 Å². The van der Waals surface area contributed by atoms with Gasteiger partial charge in [0, 0.05) is 25.2 Å². The van der Waals surface area contributed by atoms with Gasteiger partial charge in [-0.1, -0.05) is 12.6 Å². The number of rotatable bonds is 7. The first-order valence-electron chi connectivity index (χ1n) is 9.56. The van der Waals surface area contributed by atoms with Gasteiger partial charge in [0.25, 0.3) is 0 Å². The molecule has 0 aliphatic carbocycles. The molecule has 9 heteroatoms. The van der Waals surface area contributed by atoms with E-state index in [4.69, 9.17) is 4.74 Å². The molecule has 0 saturated carbocycles. The van der Waals surface area contributed by atoms with Gasteiger partial charge in [0.05, 0.1) is 0 Å². The summed E-state index contributed by atoms with van der Waals surface area (Å²) in [6.45, 7) is 5.07. The van der Waals surface area contributed by atoms with Crippen LogP contribution in [0.15, 0.2) is 49.3 Å². The Labute approximate surface area is 172 Å². The van der Waals surface area contributed by atoms with E-state index in [1.54, 1.807) is 29.2 Å². The molecule has 3 aromatic rings. The smallest absolute Gasteiger partial charge is 0.246 e. The number of H-pyrrole nitrogens is 1. The van der Waals surface area contributed by atoms with Crippen molar-refractivity contribution in [1.29, 1.82) is 0 Å². The van der Waals surface area contributed by atoms with Gasteiger partial charge in [0.15, 0.2) is 17.0 Å². The van der Waals surface area contributed by atoms with E-state index < -0.39 is 0 Å². The molecule has 1 atom stereocenters. The van der Waals surface area contributed by atoms with E-state index in [9.17, 15) is 9.18 Å². The second kappa shape index (κ2) is 8.73. The third-order valence-electron chi connectivity index (χ3n) is 4.73. The Bertz CT molecular complexity index is 1100. The highest BCUT2D eigenvalue weighted by Crippen LogP contribution is 2.21. The summed E-state index contributed by atoms with van der Waals surface area (Å²) in [7, 11) is 0. The van der Waals surface area contributed by atoms with Crippen LogP contribution in [0.2, 0.25) is 0 Å². The van der Waals surface area contributed by atoms with E-state index in [-0.39, 0.29) is 24.4 Å². The van der Waals surface area contributed by atoms with Gasteiger partial charge in [-0.25, -0.2) is 19.3 Å². The number of anilines is 1. The number of hydrogen-bond donors (Lipinski definition) is 2. The van der Waals surface area contributed by atoms with Gasteiger partial charge < -0.3 is 19.9 Å². The fraction of sp³-hybridized carbons (Fsp3) is 0.238. The predicted molar refractivity (Wildman–Crippen MR) is 111 cm³/mol. The molecule has 1 aromatic carbocycles. The number of nitrogens with one attached hydrogen (secondary N) is 2. The van der Waals surface area contributed by atoms with Crippen LogP contribution in [0.4, 0.5) is 10.2 Å². The molecule has 1 aliphatic rings. The van der Waals surface area contributed by atoms with Crippen LogP contribution in [0.3, 0.4) is 0 Å². The van der Waals surface area contributed by atoms with E-state index >= 15 is 0 Å². The summed E-state index contributed by atoms with van der Waals surface area (Å²) in [5.74, 6) is 1.27. The Hall–Kier alpha value is -3.75. The summed E-state index contributed by atoms with van der Waals surface area (Å²) < 4.78 is 18.7. The molecule has 1 fully saturated rings. The average Bonchev–Trinajstić information content (AvgIpc) is 3.38. The summed E-state index contributed by atoms with van der Waals surface area (Å²) in [4.78, 5) is 29.7. The normalized spacial score (nSPS) is 16.3. The molecule has 154 valence electrons. The molecular weight excluding hydrogens is 387 g/mol. The Morgan fingerprint density at radius 1 is 1.43 bits per heavy atom. The van der Waals surface area contributed by atoms with Crippen molar-refractivity contribution in [2.45, 2.75) is 12.5 Å². The van der Waals surface area contributed by atoms with Gasteiger partial charge in [0.2, 0.25) is 5.91 Å². The maximum atomic E-state index is 13.2. The minimum Gasteiger partial charge on any atom is -0.489 e. The third-order valence-corrected chi connectivity index (χ3v) is 4.73. The highest BCUT2D eigenvalue weighted by Gasteiger charge is 2.25. The third kappa shape index (κ3) is 4.45. The van der Waals surface area contributed by atoms with Gasteiger partial charge >= 0.3 is 0 Å². The monoisotopic (exact) mass is 408 g/mol. The molecule has 30 heavy (non-hydrogen) atoms. The molecule has 8 nitrogen and oxygen atoms in total. The molecule has 2 N–H and O–H groups in total. The van der Waals surface area contributed by atoms with E-state index in [0.717, 1.165) is 6.42 Å². The molecule has 4 rings (SSSR count). The van der Waals surface area contributed by atoms with Crippen molar-refractivity contribution < 1.29 is 13.9 Å². The first kappa shape index (κ1) is 19.6. The Balaban J connectivity index is 1.40. The van der Waals surface area contributed by atoms with E-state index in [1.807, 2.05) is 0 Å². The number of benzene rings is 1. The zero-order valence-corrected chi connectivity index (χ0v) is 16.2. The van der Waals surface area contributed by atoms with Crippen LogP contribution in [0.25, 0.3) is 17.2 Å². The van der Waals surface area contributed by atoms with Crippen molar-refractivity contribution in [2.75, 3.05) is 25.0 Å². The zero-order chi connectivity index (χ0) is 20.9. The molecule has 2 aromatic heterocycles. The van der Waals surface area contributed by atoms with Crippen molar-refractivity contribution >= 4 is 29.0 Å². The number of aromatic amines is 1. The Kier molecular flexibility index (Phi) is 5.69. The number of likely N-dealkylation sites (tertiary alicyclic amines) is 1. The molecule has 0 bridgehead atoms. The lowest BCUT2D eigenvalue weighted by molar-refractivity contribution is -0.125. The van der Waals surface area contributed by atoms with Crippen LogP contribution in [0, 0.1) is 5.82 Å². The summed E-state index contributed by atoms with van der Waals surface area (Å²) in [5.41, 5.74) is 1.23. The van der Waals surface area contributed by atoms with Crippen molar-refractivity contribution in [3.63, 3.8) is 0 Å². The molecule has 1 unspecified atom stereocenters. The largest absolute Gasteiger partial charge is 0.489 e. The van der Waals surface area contributed by atoms with Gasteiger partial charge in [-0.2, -0.15) is 0 Å². The van der Waals surface area contributed by atoms with Crippen LogP contribution < -0.4 is 10.1 Å². The molecule has 0 radical (unpaired) electrons. The number of fused-ring (bicyclic) bond motifs is 1. The van der Waals surface area contributed by atoms with Gasteiger partial charge in [0.1, 0.15) is 30.3 Å². The number of imidazole rings is 1. The molecule has 1 aliphatic heterocycles. The highest BCUT2D eigenvalue weighted by atomic mass is 19.1. The molecule has 0 spiro atoms. The first-order valence-corrected chi connectivity index (χ1v) is 9.56. The lowest BCUT2D eigenvalue weighted by Gasteiger charge is -2.15. The van der Waals surface area contributed by atoms with Gasteiger partial charge in [-0.3, -0.25) is 4.79 Å². The second-order valence-corrected chi connectivity index (χ2v) is 6.83. The number of halogens is 1. The number of hydrogen-bond acceptors (Lipinski definition) is 6. The van der Waals surface area contributed by atoms with E-state index in [2.05, 4.69) is 31.8 Å². The van der Waals surface area contributed by atoms with Crippen molar-refractivity contribution in [1.82, 2.24) is 24.8 Å². The fourth-order valence-electron chi connectivity index (χ4n) is 3.29. The van der Waals surface area contributed by atoms with Crippen LogP contribution >= 0.6 is 0 Å². The zero-order valence-electron chi connectivity index (χ0n) is 16.2. The number of carbonyl (C=O) groups excluding carboxylic acids is 1. The van der Waals surface area contributed by atoms with Crippen LogP contribution in [-0.4, -0.2) is 56.5 Å². The lowest BCUT2D eigenvalue weighted by Crippen LogP contribution is -2.30. The van der Waals surface area contributed by atoms with Gasteiger partial charge in [-0.15, -0.1) is 0 Å². The van der Waals surface area contributed by atoms with Crippen molar-refractivity contribution in [3.05, 3.63) is 61.0 Å². The number of ether oxygens (including phenoxy) is 1. The van der Waals surface area contributed by atoms with Gasteiger partial charge in [-0.05, 0) is 36.8 Å². The second-order valence-electron chi connectivity index (χ2n) is 6.83. The number of amides is 1. The standard InChI is InChI=1S/C21H21FN6O2/c1-2-18(29)28-9-8-15(12-28)25-20-19-21(24-13-23-20)27-17(26-19)7-4-10-30-16-6-3-5-14(22)11-16/h2-7,11,13,15H,1,8-10,12H2,(H2,23,24,25,26,27)/b7-4+. The molecular formula is C21H21FN6O2. The molecule has 3 heterocycles. The molecule has 1 amide bonds. The summed E-state index contributed by atoms with van der Waals surface area (Å²) >= 11 is 0. The fourth-order valence-corrected chi connectivity index (χ4v) is 3.29. The number of carbonyl (C=O) groups is 1. The Morgan fingerprint density at radius 3 is 3.17 bits per heavy atom. The molecule has 1 saturated heterocycles. The Morgan fingerprint density at radius 2 is 2.33 bits per heavy atom. The first-order chi connectivity index (χ1) is 14.6. The summed E-state index contributed by atoms with van der Waals surface area (Å²) in [6.07, 6.45) is 7.16.